The molecule has 1 aliphatic heterocycles. The molecule has 1 fully saturated rings. The van der Waals surface area contributed by atoms with Gasteiger partial charge in [-0.2, -0.15) is 0 Å². The summed E-state index contributed by atoms with van der Waals surface area (Å²) in [6.07, 6.45) is 0.622. The van der Waals surface area contributed by atoms with Crippen molar-refractivity contribution in [1.82, 2.24) is 0 Å². The molecule has 4 heteroatoms. The van der Waals surface area contributed by atoms with Crippen LogP contribution in [0.25, 0.3) is 0 Å². The van der Waals surface area contributed by atoms with Gasteiger partial charge in [0.1, 0.15) is 0 Å². The summed E-state index contributed by atoms with van der Waals surface area (Å²) >= 11 is 0. The van der Waals surface area contributed by atoms with E-state index in [1.54, 1.807) is 12.1 Å². The van der Waals surface area contributed by atoms with Crippen LogP contribution in [0.3, 0.4) is 0 Å². The van der Waals surface area contributed by atoms with E-state index in [-0.39, 0.29) is 6.10 Å². The number of benzene rings is 1. The molecule has 2 rings (SSSR count). The van der Waals surface area contributed by atoms with Crippen molar-refractivity contribution in [3.05, 3.63) is 35.9 Å². The van der Waals surface area contributed by atoms with Crippen molar-refractivity contribution in [3.8, 4) is 0 Å². The molecule has 1 N–H and O–H groups in total. The summed E-state index contributed by atoms with van der Waals surface area (Å²) in [5, 5.41) is 9.20. The third-order valence-electron chi connectivity index (χ3n) is 2.82. The van der Waals surface area contributed by atoms with E-state index in [0.29, 0.717) is 18.8 Å². The third kappa shape index (κ3) is 3.28. The SMILES string of the molecule is O=C(O)C(OC1CCOCC1)c1ccccc1. The average Bonchev–Trinajstić information content (AvgIpc) is 2.38. The fourth-order valence-electron chi connectivity index (χ4n) is 1.91. The van der Waals surface area contributed by atoms with Crippen molar-refractivity contribution >= 4 is 5.97 Å². The number of hydrogen-bond donors (Lipinski definition) is 1. The Kier molecular flexibility index (Phi) is 4.12. The molecule has 1 heterocycles. The molecule has 0 aliphatic carbocycles. The van der Waals surface area contributed by atoms with Gasteiger partial charge in [0, 0.05) is 13.2 Å². The minimum atomic E-state index is -0.942. The minimum Gasteiger partial charge on any atom is -0.479 e. The van der Waals surface area contributed by atoms with E-state index >= 15 is 0 Å². The summed E-state index contributed by atoms with van der Waals surface area (Å²) < 4.78 is 10.9. The quantitative estimate of drug-likeness (QED) is 0.868. The van der Waals surface area contributed by atoms with Crippen molar-refractivity contribution in [3.63, 3.8) is 0 Å². The molecule has 0 aromatic heterocycles. The van der Waals surface area contributed by atoms with E-state index in [0.717, 1.165) is 12.8 Å². The fraction of sp³-hybridized carbons (Fsp3) is 0.462. The first-order valence-corrected chi connectivity index (χ1v) is 5.78. The van der Waals surface area contributed by atoms with E-state index in [1.807, 2.05) is 18.2 Å². The molecule has 0 radical (unpaired) electrons. The van der Waals surface area contributed by atoms with E-state index in [1.165, 1.54) is 0 Å². The van der Waals surface area contributed by atoms with Gasteiger partial charge in [0.25, 0.3) is 0 Å². The Bertz CT molecular complexity index is 357. The Morgan fingerprint density at radius 1 is 1.29 bits per heavy atom. The molecule has 1 aliphatic rings. The first-order chi connectivity index (χ1) is 8.27. The van der Waals surface area contributed by atoms with Gasteiger partial charge in [-0.25, -0.2) is 4.79 Å². The molecule has 0 amide bonds. The highest BCUT2D eigenvalue weighted by Gasteiger charge is 2.25. The largest absolute Gasteiger partial charge is 0.479 e. The van der Waals surface area contributed by atoms with Gasteiger partial charge in [0.2, 0.25) is 0 Å². The molecule has 17 heavy (non-hydrogen) atoms. The standard InChI is InChI=1S/C13H16O4/c14-13(15)12(10-4-2-1-3-5-10)17-11-6-8-16-9-7-11/h1-5,11-12H,6-9H2,(H,14,15). The lowest BCUT2D eigenvalue weighted by molar-refractivity contribution is -0.158. The summed E-state index contributed by atoms with van der Waals surface area (Å²) in [5.41, 5.74) is 0.687. The van der Waals surface area contributed by atoms with Crippen molar-refractivity contribution in [2.75, 3.05) is 13.2 Å². The first kappa shape index (κ1) is 12.1. The van der Waals surface area contributed by atoms with Crippen LogP contribution in [0.2, 0.25) is 0 Å². The lowest BCUT2D eigenvalue weighted by Gasteiger charge is -2.25. The molecule has 1 unspecified atom stereocenters. The van der Waals surface area contributed by atoms with Crippen LogP contribution in [0.4, 0.5) is 0 Å². The number of carboxylic acids is 1. The molecule has 1 aromatic rings. The highest BCUT2D eigenvalue weighted by atomic mass is 16.5. The number of aliphatic carboxylic acids is 1. The van der Waals surface area contributed by atoms with Gasteiger partial charge in [-0.05, 0) is 18.4 Å². The van der Waals surface area contributed by atoms with E-state index in [4.69, 9.17) is 9.47 Å². The van der Waals surface area contributed by atoms with Gasteiger partial charge in [-0.15, -0.1) is 0 Å². The number of ether oxygens (including phenoxy) is 2. The second-order valence-corrected chi connectivity index (χ2v) is 4.08. The number of rotatable bonds is 4. The van der Waals surface area contributed by atoms with Crippen molar-refractivity contribution in [2.45, 2.75) is 25.0 Å². The van der Waals surface area contributed by atoms with Gasteiger partial charge in [0.05, 0.1) is 6.10 Å². The second-order valence-electron chi connectivity index (χ2n) is 4.08. The molecule has 4 nitrogen and oxygen atoms in total. The van der Waals surface area contributed by atoms with Gasteiger partial charge < -0.3 is 14.6 Å². The Morgan fingerprint density at radius 3 is 2.53 bits per heavy atom. The third-order valence-corrected chi connectivity index (χ3v) is 2.82. The van der Waals surface area contributed by atoms with Gasteiger partial charge >= 0.3 is 5.97 Å². The summed E-state index contributed by atoms with van der Waals surface area (Å²) in [7, 11) is 0. The highest BCUT2D eigenvalue weighted by molar-refractivity contribution is 5.74. The predicted molar refractivity (Wildman–Crippen MR) is 61.7 cm³/mol. The van der Waals surface area contributed by atoms with Crippen LogP contribution >= 0.6 is 0 Å². The molecular weight excluding hydrogens is 220 g/mol. The Balaban J connectivity index is 2.05. The second kappa shape index (κ2) is 5.80. The Hall–Kier alpha value is -1.39. The van der Waals surface area contributed by atoms with Gasteiger partial charge in [0.15, 0.2) is 6.10 Å². The Morgan fingerprint density at radius 2 is 1.94 bits per heavy atom. The van der Waals surface area contributed by atoms with Crippen LogP contribution < -0.4 is 0 Å². The topological polar surface area (TPSA) is 55.8 Å². The molecule has 92 valence electrons. The first-order valence-electron chi connectivity index (χ1n) is 5.78. The van der Waals surface area contributed by atoms with E-state index < -0.39 is 12.1 Å². The molecular formula is C13H16O4. The maximum atomic E-state index is 11.2. The number of carboxylic acid groups (broad SMARTS) is 1. The smallest absolute Gasteiger partial charge is 0.337 e. The summed E-state index contributed by atoms with van der Waals surface area (Å²) in [4.78, 5) is 11.2. The molecule has 0 bridgehead atoms. The van der Waals surface area contributed by atoms with Gasteiger partial charge in [-0.1, -0.05) is 30.3 Å². The zero-order valence-corrected chi connectivity index (χ0v) is 9.54. The van der Waals surface area contributed by atoms with Gasteiger partial charge in [-0.3, -0.25) is 0 Å². The average molecular weight is 236 g/mol. The van der Waals surface area contributed by atoms with Crippen molar-refractivity contribution < 1.29 is 19.4 Å². The predicted octanol–water partition coefficient (Wildman–Crippen LogP) is 2.01. The normalized spacial score (nSPS) is 18.8. The maximum Gasteiger partial charge on any atom is 0.337 e. The zero-order chi connectivity index (χ0) is 12.1. The minimum absolute atomic E-state index is 0.0231. The molecule has 1 atom stereocenters. The maximum absolute atomic E-state index is 11.2. The molecule has 1 saturated heterocycles. The van der Waals surface area contributed by atoms with E-state index in [9.17, 15) is 9.90 Å². The van der Waals surface area contributed by atoms with Crippen LogP contribution in [-0.4, -0.2) is 30.4 Å². The Labute approximate surface area is 100 Å². The molecule has 1 aromatic carbocycles. The molecule has 0 spiro atoms. The zero-order valence-electron chi connectivity index (χ0n) is 9.54. The summed E-state index contributed by atoms with van der Waals surface area (Å²) in [6.45, 7) is 1.29. The lowest BCUT2D eigenvalue weighted by Crippen LogP contribution is -2.28. The van der Waals surface area contributed by atoms with Crippen molar-refractivity contribution in [1.29, 1.82) is 0 Å². The number of hydrogen-bond acceptors (Lipinski definition) is 3. The summed E-state index contributed by atoms with van der Waals surface area (Å²) in [5.74, 6) is -0.942. The van der Waals surface area contributed by atoms with Crippen LogP contribution in [-0.2, 0) is 14.3 Å². The fourth-order valence-corrected chi connectivity index (χ4v) is 1.91. The van der Waals surface area contributed by atoms with E-state index in [2.05, 4.69) is 0 Å². The number of carbonyl (C=O) groups is 1. The van der Waals surface area contributed by atoms with Crippen LogP contribution in [0, 0.1) is 0 Å². The highest BCUT2D eigenvalue weighted by Crippen LogP contribution is 2.23. The lowest BCUT2D eigenvalue weighted by atomic mass is 10.1. The summed E-state index contributed by atoms with van der Waals surface area (Å²) in [6, 6.07) is 9.05. The van der Waals surface area contributed by atoms with Crippen molar-refractivity contribution in [2.24, 2.45) is 0 Å². The van der Waals surface area contributed by atoms with Crippen LogP contribution in [0.5, 0.6) is 0 Å². The monoisotopic (exact) mass is 236 g/mol. The molecule has 0 saturated carbocycles. The van der Waals surface area contributed by atoms with Crippen LogP contribution in [0.15, 0.2) is 30.3 Å². The van der Waals surface area contributed by atoms with Crippen LogP contribution in [0.1, 0.15) is 24.5 Å².